The molecule has 0 saturated carbocycles. The molecule has 1 aliphatic rings. The number of anilines is 1. The normalized spacial score (nSPS) is 15.4. The van der Waals surface area contributed by atoms with Crippen molar-refractivity contribution in [2.24, 2.45) is 5.73 Å². The van der Waals surface area contributed by atoms with Gasteiger partial charge in [-0.3, -0.25) is 0 Å². The molecule has 0 amide bonds. The summed E-state index contributed by atoms with van der Waals surface area (Å²) in [5.41, 5.74) is 6.20. The van der Waals surface area contributed by atoms with Crippen molar-refractivity contribution < 1.29 is 4.52 Å². The van der Waals surface area contributed by atoms with E-state index in [0.717, 1.165) is 37.6 Å². The Morgan fingerprint density at radius 3 is 2.90 bits per heavy atom. The predicted molar refractivity (Wildman–Crippen MR) is 80.4 cm³/mol. The molecule has 0 aliphatic carbocycles. The number of hydrogen-bond acceptors (Lipinski definition) is 7. The Morgan fingerprint density at radius 1 is 1.38 bits per heavy atom. The molecule has 1 saturated heterocycles. The molecule has 0 atom stereocenters. The van der Waals surface area contributed by atoms with Gasteiger partial charge in [-0.25, -0.2) is 4.98 Å². The summed E-state index contributed by atoms with van der Waals surface area (Å²) in [6, 6.07) is 1.82. The van der Waals surface area contributed by atoms with Crippen LogP contribution in [0.5, 0.6) is 0 Å². The molecule has 3 rings (SSSR count). The van der Waals surface area contributed by atoms with Crippen molar-refractivity contribution in [2.45, 2.75) is 6.42 Å². The topological polar surface area (TPSA) is 93.1 Å². The minimum atomic E-state index is 0.475. The molecule has 7 nitrogen and oxygen atoms in total. The number of hydrogen-bond donors (Lipinski definition) is 2. The first-order valence-corrected chi connectivity index (χ1v) is 7.30. The summed E-state index contributed by atoms with van der Waals surface area (Å²) in [6.45, 7) is 4.15. The van der Waals surface area contributed by atoms with E-state index < -0.39 is 0 Å². The third-order valence-corrected chi connectivity index (χ3v) is 3.60. The van der Waals surface area contributed by atoms with E-state index in [1.54, 1.807) is 6.20 Å². The molecular formula is C13H17ClN6O. The number of piperazine rings is 1. The highest BCUT2D eigenvalue weighted by Crippen LogP contribution is 2.27. The Kier molecular flexibility index (Phi) is 4.33. The van der Waals surface area contributed by atoms with Gasteiger partial charge in [0, 0.05) is 50.9 Å². The Labute approximate surface area is 127 Å². The number of nitrogens with two attached hydrogens (primary N) is 1. The first-order chi connectivity index (χ1) is 10.3. The third kappa shape index (κ3) is 3.15. The Bertz CT molecular complexity index is 610. The van der Waals surface area contributed by atoms with Gasteiger partial charge in [0.2, 0.25) is 11.7 Å². The van der Waals surface area contributed by atoms with Crippen LogP contribution >= 0.6 is 11.6 Å². The van der Waals surface area contributed by atoms with Gasteiger partial charge >= 0.3 is 0 Å². The minimum absolute atomic E-state index is 0.475. The van der Waals surface area contributed by atoms with Crippen LogP contribution < -0.4 is 16.0 Å². The van der Waals surface area contributed by atoms with Crippen LogP contribution in [0.1, 0.15) is 5.89 Å². The molecule has 0 spiro atoms. The van der Waals surface area contributed by atoms with E-state index >= 15 is 0 Å². The van der Waals surface area contributed by atoms with Crippen molar-refractivity contribution >= 4 is 17.4 Å². The monoisotopic (exact) mass is 308 g/mol. The summed E-state index contributed by atoms with van der Waals surface area (Å²) in [5, 5.41) is 7.82. The van der Waals surface area contributed by atoms with E-state index in [1.165, 1.54) is 0 Å². The highest BCUT2D eigenvalue weighted by molar-refractivity contribution is 6.33. The lowest BCUT2D eigenvalue weighted by atomic mass is 10.2. The van der Waals surface area contributed by atoms with Crippen molar-refractivity contribution in [3.05, 3.63) is 23.2 Å². The largest absolute Gasteiger partial charge is 0.353 e. The van der Waals surface area contributed by atoms with Crippen LogP contribution in [0.3, 0.4) is 0 Å². The lowest BCUT2D eigenvalue weighted by Gasteiger charge is -2.29. The number of nitrogens with zero attached hydrogens (tertiary/aromatic N) is 4. The summed E-state index contributed by atoms with van der Waals surface area (Å²) in [6.07, 6.45) is 2.29. The second-order valence-corrected chi connectivity index (χ2v) is 5.22. The van der Waals surface area contributed by atoms with Crippen LogP contribution in [0.2, 0.25) is 5.02 Å². The maximum Gasteiger partial charge on any atom is 0.228 e. The molecule has 0 unspecified atom stereocenters. The summed E-state index contributed by atoms with van der Waals surface area (Å²) in [5.74, 6) is 1.81. The number of pyridine rings is 1. The van der Waals surface area contributed by atoms with Crippen molar-refractivity contribution in [2.75, 3.05) is 37.6 Å². The van der Waals surface area contributed by atoms with Crippen LogP contribution in [0.25, 0.3) is 11.4 Å². The number of halogens is 1. The van der Waals surface area contributed by atoms with Crippen LogP contribution in [0, 0.1) is 0 Å². The molecule has 0 radical (unpaired) electrons. The van der Waals surface area contributed by atoms with Crippen LogP contribution in [-0.4, -0.2) is 47.8 Å². The number of nitrogens with one attached hydrogen (secondary N) is 1. The van der Waals surface area contributed by atoms with Gasteiger partial charge in [-0.1, -0.05) is 16.8 Å². The van der Waals surface area contributed by atoms with E-state index in [4.69, 9.17) is 21.9 Å². The average molecular weight is 309 g/mol. The van der Waals surface area contributed by atoms with Gasteiger partial charge in [-0.2, -0.15) is 4.98 Å². The van der Waals surface area contributed by atoms with Gasteiger partial charge in [0.1, 0.15) is 5.82 Å². The summed E-state index contributed by atoms with van der Waals surface area (Å²) < 4.78 is 5.12. The van der Waals surface area contributed by atoms with Crippen molar-refractivity contribution in [3.63, 3.8) is 0 Å². The average Bonchev–Trinajstić information content (AvgIpc) is 2.97. The molecule has 3 N–H and O–H groups in total. The van der Waals surface area contributed by atoms with Crippen molar-refractivity contribution in [1.29, 1.82) is 0 Å². The minimum Gasteiger partial charge on any atom is -0.353 e. The summed E-state index contributed by atoms with van der Waals surface area (Å²) in [4.78, 5) is 10.9. The molecular weight excluding hydrogens is 292 g/mol. The Hall–Kier alpha value is -1.70. The first-order valence-electron chi connectivity index (χ1n) is 6.92. The number of rotatable bonds is 4. The molecule has 8 heteroatoms. The van der Waals surface area contributed by atoms with Gasteiger partial charge < -0.3 is 20.5 Å². The molecule has 0 aromatic carbocycles. The quantitative estimate of drug-likeness (QED) is 0.858. The molecule has 3 heterocycles. The first kappa shape index (κ1) is 14.2. The molecule has 1 aliphatic heterocycles. The van der Waals surface area contributed by atoms with Crippen LogP contribution in [0.15, 0.2) is 16.8 Å². The highest BCUT2D eigenvalue weighted by atomic mass is 35.5. The zero-order valence-electron chi connectivity index (χ0n) is 11.5. The Balaban J connectivity index is 1.82. The smallest absolute Gasteiger partial charge is 0.228 e. The van der Waals surface area contributed by atoms with E-state index in [2.05, 4.69) is 25.3 Å². The molecule has 0 bridgehead atoms. The van der Waals surface area contributed by atoms with Crippen molar-refractivity contribution in [1.82, 2.24) is 20.4 Å². The SMILES string of the molecule is NCCc1nc(-c2cnc(N3CCNCC3)c(Cl)c2)no1. The molecule has 112 valence electrons. The zero-order chi connectivity index (χ0) is 14.7. The fourth-order valence-corrected chi connectivity index (χ4v) is 2.55. The van der Waals surface area contributed by atoms with E-state index in [-0.39, 0.29) is 0 Å². The number of aromatic nitrogens is 3. The summed E-state index contributed by atoms with van der Waals surface area (Å²) >= 11 is 6.35. The Morgan fingerprint density at radius 2 is 2.19 bits per heavy atom. The second-order valence-electron chi connectivity index (χ2n) is 4.82. The van der Waals surface area contributed by atoms with Gasteiger partial charge in [-0.15, -0.1) is 0 Å². The summed E-state index contributed by atoms with van der Waals surface area (Å²) in [7, 11) is 0. The predicted octanol–water partition coefficient (Wildman–Crippen LogP) is 0.696. The van der Waals surface area contributed by atoms with E-state index in [1.807, 2.05) is 6.07 Å². The standard InChI is InChI=1S/C13H17ClN6O/c14-10-7-9(12-18-11(1-2-15)21-19-12)8-17-13(10)20-5-3-16-4-6-20/h7-8,16H,1-6,15H2. The lowest BCUT2D eigenvalue weighted by molar-refractivity contribution is 0.380. The second kappa shape index (κ2) is 6.38. The van der Waals surface area contributed by atoms with Crippen LogP contribution in [0.4, 0.5) is 5.82 Å². The fraction of sp³-hybridized carbons (Fsp3) is 0.462. The molecule has 1 fully saturated rings. The zero-order valence-corrected chi connectivity index (χ0v) is 12.3. The van der Waals surface area contributed by atoms with Crippen molar-refractivity contribution in [3.8, 4) is 11.4 Å². The van der Waals surface area contributed by atoms with E-state index in [9.17, 15) is 0 Å². The molecule has 2 aromatic rings. The fourth-order valence-electron chi connectivity index (χ4n) is 2.26. The van der Waals surface area contributed by atoms with E-state index in [0.29, 0.717) is 29.7 Å². The van der Waals surface area contributed by atoms with Gasteiger partial charge in [-0.05, 0) is 6.07 Å². The highest BCUT2D eigenvalue weighted by Gasteiger charge is 2.17. The maximum atomic E-state index is 6.35. The van der Waals surface area contributed by atoms with Gasteiger partial charge in [0.15, 0.2) is 0 Å². The van der Waals surface area contributed by atoms with Crippen LogP contribution in [-0.2, 0) is 6.42 Å². The third-order valence-electron chi connectivity index (χ3n) is 3.32. The molecule has 2 aromatic heterocycles. The van der Waals surface area contributed by atoms with Gasteiger partial charge in [0.25, 0.3) is 0 Å². The molecule has 21 heavy (non-hydrogen) atoms. The van der Waals surface area contributed by atoms with Gasteiger partial charge in [0.05, 0.1) is 5.02 Å². The lowest BCUT2D eigenvalue weighted by Crippen LogP contribution is -2.44. The maximum absolute atomic E-state index is 6.35.